The van der Waals surface area contributed by atoms with Crippen molar-refractivity contribution in [2.24, 2.45) is 0 Å². The zero-order chi connectivity index (χ0) is 16.0. The molecule has 1 aliphatic carbocycles. The molecule has 0 radical (unpaired) electrons. The molecule has 3 rings (SSSR count). The molecule has 0 heterocycles. The zero-order valence-corrected chi connectivity index (χ0v) is 13.8. The fourth-order valence-corrected chi connectivity index (χ4v) is 3.14. The SMILES string of the molecule is CC(C)(C)c1ccc(C2=C[C@](C)(c3ccc(F)cc3)C2)cc1. The molecule has 114 valence electrons. The van der Waals surface area contributed by atoms with Gasteiger partial charge in [0.05, 0.1) is 0 Å². The summed E-state index contributed by atoms with van der Waals surface area (Å²) in [4.78, 5) is 0. The van der Waals surface area contributed by atoms with E-state index in [-0.39, 0.29) is 16.6 Å². The van der Waals surface area contributed by atoms with Crippen LogP contribution < -0.4 is 0 Å². The van der Waals surface area contributed by atoms with Crippen LogP contribution in [0.4, 0.5) is 4.39 Å². The van der Waals surface area contributed by atoms with Crippen molar-refractivity contribution in [3.63, 3.8) is 0 Å². The highest BCUT2D eigenvalue weighted by atomic mass is 19.1. The Bertz CT molecular complexity index is 699. The van der Waals surface area contributed by atoms with Crippen LogP contribution >= 0.6 is 0 Å². The van der Waals surface area contributed by atoms with Gasteiger partial charge in [-0.2, -0.15) is 0 Å². The molecule has 0 saturated carbocycles. The molecule has 2 aromatic carbocycles. The van der Waals surface area contributed by atoms with E-state index in [1.807, 2.05) is 12.1 Å². The van der Waals surface area contributed by atoms with Crippen molar-refractivity contribution in [2.75, 3.05) is 0 Å². The van der Waals surface area contributed by atoms with Crippen LogP contribution in [0.3, 0.4) is 0 Å². The lowest BCUT2D eigenvalue weighted by Crippen LogP contribution is -2.27. The van der Waals surface area contributed by atoms with Crippen LogP contribution in [-0.4, -0.2) is 0 Å². The van der Waals surface area contributed by atoms with Crippen LogP contribution in [0.2, 0.25) is 0 Å². The van der Waals surface area contributed by atoms with E-state index in [1.165, 1.54) is 22.3 Å². The van der Waals surface area contributed by atoms with E-state index in [2.05, 4.69) is 58.0 Å². The second kappa shape index (κ2) is 5.08. The fraction of sp³-hybridized carbons (Fsp3) is 0.333. The molecule has 0 aliphatic heterocycles. The molecule has 2 aromatic rings. The Morgan fingerprint density at radius 1 is 0.909 bits per heavy atom. The largest absolute Gasteiger partial charge is 0.207 e. The molecule has 0 aromatic heterocycles. The van der Waals surface area contributed by atoms with Gasteiger partial charge in [-0.15, -0.1) is 0 Å². The second-order valence-corrected chi connectivity index (χ2v) is 7.60. The predicted molar refractivity (Wildman–Crippen MR) is 91.5 cm³/mol. The molecule has 0 fully saturated rings. The molecule has 1 atom stereocenters. The van der Waals surface area contributed by atoms with Crippen LogP contribution in [0.1, 0.15) is 50.8 Å². The van der Waals surface area contributed by atoms with Crippen molar-refractivity contribution in [2.45, 2.75) is 44.9 Å². The van der Waals surface area contributed by atoms with Gasteiger partial charge in [0.2, 0.25) is 0 Å². The first kappa shape index (κ1) is 15.0. The molecular formula is C21H23F. The molecule has 0 spiro atoms. The topological polar surface area (TPSA) is 0 Å². The number of allylic oxidation sites excluding steroid dienone is 2. The van der Waals surface area contributed by atoms with Crippen LogP contribution in [0.5, 0.6) is 0 Å². The molecule has 22 heavy (non-hydrogen) atoms. The molecule has 0 amide bonds. The van der Waals surface area contributed by atoms with Gasteiger partial charge >= 0.3 is 0 Å². The summed E-state index contributed by atoms with van der Waals surface area (Å²) in [7, 11) is 0. The van der Waals surface area contributed by atoms with Crippen molar-refractivity contribution in [1.82, 2.24) is 0 Å². The smallest absolute Gasteiger partial charge is 0.123 e. The van der Waals surface area contributed by atoms with Gasteiger partial charge in [-0.3, -0.25) is 0 Å². The highest BCUT2D eigenvalue weighted by Crippen LogP contribution is 2.46. The lowest BCUT2D eigenvalue weighted by molar-refractivity contribution is 0.565. The first-order valence-electron chi connectivity index (χ1n) is 7.87. The van der Waals surface area contributed by atoms with Gasteiger partial charge in [-0.1, -0.05) is 70.2 Å². The minimum Gasteiger partial charge on any atom is -0.207 e. The van der Waals surface area contributed by atoms with Crippen LogP contribution in [-0.2, 0) is 10.8 Å². The fourth-order valence-electron chi connectivity index (χ4n) is 3.14. The van der Waals surface area contributed by atoms with Gasteiger partial charge in [0.1, 0.15) is 5.82 Å². The highest BCUT2D eigenvalue weighted by Gasteiger charge is 2.34. The van der Waals surface area contributed by atoms with Crippen molar-refractivity contribution >= 4 is 5.57 Å². The Morgan fingerprint density at radius 3 is 1.95 bits per heavy atom. The third-order valence-electron chi connectivity index (χ3n) is 4.68. The molecule has 1 heteroatoms. The summed E-state index contributed by atoms with van der Waals surface area (Å²) in [5.41, 5.74) is 5.45. The minimum atomic E-state index is -0.173. The lowest BCUT2D eigenvalue weighted by atomic mass is 9.66. The number of hydrogen-bond donors (Lipinski definition) is 0. The Kier molecular flexibility index (Phi) is 3.47. The summed E-state index contributed by atoms with van der Waals surface area (Å²) in [6.45, 7) is 8.91. The van der Waals surface area contributed by atoms with E-state index in [0.717, 1.165) is 6.42 Å². The van der Waals surface area contributed by atoms with Crippen LogP contribution in [0.25, 0.3) is 5.57 Å². The summed E-state index contributed by atoms with van der Waals surface area (Å²) in [5, 5.41) is 0. The highest BCUT2D eigenvalue weighted by molar-refractivity contribution is 5.75. The van der Waals surface area contributed by atoms with E-state index in [9.17, 15) is 4.39 Å². The normalized spacial score (nSPS) is 21.2. The van der Waals surface area contributed by atoms with E-state index < -0.39 is 0 Å². The molecular weight excluding hydrogens is 271 g/mol. The molecule has 0 bridgehead atoms. The lowest BCUT2D eigenvalue weighted by Gasteiger charge is -2.37. The Balaban J connectivity index is 1.82. The average molecular weight is 294 g/mol. The summed E-state index contributed by atoms with van der Waals surface area (Å²) in [6, 6.07) is 15.8. The maximum absolute atomic E-state index is 13.1. The monoisotopic (exact) mass is 294 g/mol. The standard InChI is InChI=1S/C21H23F/c1-20(2,3)17-7-5-15(6-8-17)16-13-21(4,14-16)18-9-11-19(22)12-10-18/h5-13H,14H2,1-4H3/t21-/m0/s1. The Morgan fingerprint density at radius 2 is 1.45 bits per heavy atom. The van der Waals surface area contributed by atoms with Crippen LogP contribution in [0.15, 0.2) is 54.6 Å². The van der Waals surface area contributed by atoms with Crippen molar-refractivity contribution in [3.05, 3.63) is 77.1 Å². The first-order chi connectivity index (χ1) is 10.3. The molecule has 0 saturated heterocycles. The maximum atomic E-state index is 13.1. The summed E-state index contributed by atoms with van der Waals surface area (Å²) < 4.78 is 13.1. The van der Waals surface area contributed by atoms with Gasteiger partial charge in [-0.25, -0.2) is 4.39 Å². The van der Waals surface area contributed by atoms with E-state index in [4.69, 9.17) is 0 Å². The summed E-state index contributed by atoms with van der Waals surface area (Å²) >= 11 is 0. The third kappa shape index (κ3) is 2.72. The number of hydrogen-bond acceptors (Lipinski definition) is 0. The van der Waals surface area contributed by atoms with E-state index in [0.29, 0.717) is 0 Å². The average Bonchev–Trinajstić information content (AvgIpc) is 2.44. The van der Waals surface area contributed by atoms with Gasteiger partial charge in [0, 0.05) is 5.41 Å². The van der Waals surface area contributed by atoms with E-state index >= 15 is 0 Å². The van der Waals surface area contributed by atoms with Gasteiger partial charge in [0.15, 0.2) is 0 Å². The summed E-state index contributed by atoms with van der Waals surface area (Å²) in [5.74, 6) is -0.173. The third-order valence-corrected chi connectivity index (χ3v) is 4.68. The molecule has 0 nitrogen and oxygen atoms in total. The maximum Gasteiger partial charge on any atom is 0.123 e. The second-order valence-electron chi connectivity index (χ2n) is 7.60. The van der Waals surface area contributed by atoms with Crippen molar-refractivity contribution in [3.8, 4) is 0 Å². The van der Waals surface area contributed by atoms with Crippen LogP contribution in [0, 0.1) is 5.82 Å². The van der Waals surface area contributed by atoms with Gasteiger partial charge in [-0.05, 0) is 46.2 Å². The quantitative estimate of drug-likeness (QED) is 0.650. The first-order valence-corrected chi connectivity index (χ1v) is 7.87. The molecule has 1 aliphatic rings. The van der Waals surface area contributed by atoms with Crippen molar-refractivity contribution in [1.29, 1.82) is 0 Å². The minimum absolute atomic E-state index is 0.0335. The van der Waals surface area contributed by atoms with E-state index in [1.54, 1.807) is 12.1 Å². The molecule has 0 N–H and O–H groups in total. The predicted octanol–water partition coefficient (Wildman–Crippen LogP) is 5.87. The van der Waals surface area contributed by atoms with Gasteiger partial charge < -0.3 is 0 Å². The zero-order valence-electron chi connectivity index (χ0n) is 13.8. The number of benzene rings is 2. The van der Waals surface area contributed by atoms with Gasteiger partial charge in [0.25, 0.3) is 0 Å². The Labute approximate surface area is 132 Å². The summed E-state index contributed by atoms with van der Waals surface area (Å²) in [6.07, 6.45) is 3.32. The number of rotatable bonds is 2. The van der Waals surface area contributed by atoms with Crippen molar-refractivity contribution < 1.29 is 4.39 Å². The molecule has 0 unspecified atom stereocenters. The number of halogens is 1. The Hall–Kier alpha value is -1.89.